The highest BCUT2D eigenvalue weighted by Gasteiger charge is 2.13. The number of amides is 1. The standard InChI is InChI=1S/C16H13F2NO3/c1-22-16(21)12-4-2-11(3-5-12)9-19(10-20)15-7-6-13(17)8-14(15)18/h2-8,10H,9H2,1H3. The Morgan fingerprint density at radius 2 is 1.86 bits per heavy atom. The number of rotatable bonds is 5. The van der Waals surface area contributed by atoms with Crippen LogP contribution in [0.15, 0.2) is 42.5 Å². The second kappa shape index (κ2) is 6.80. The Labute approximate surface area is 125 Å². The molecule has 0 aliphatic heterocycles. The van der Waals surface area contributed by atoms with Crippen LogP contribution >= 0.6 is 0 Å². The number of carbonyl (C=O) groups excluding carboxylic acids is 2. The first-order valence-electron chi connectivity index (χ1n) is 6.39. The van der Waals surface area contributed by atoms with Gasteiger partial charge in [-0.3, -0.25) is 4.79 Å². The molecular formula is C16H13F2NO3. The minimum Gasteiger partial charge on any atom is -0.465 e. The highest BCUT2D eigenvalue weighted by molar-refractivity contribution is 5.89. The van der Waals surface area contributed by atoms with Crippen LogP contribution in [0.25, 0.3) is 0 Å². The summed E-state index contributed by atoms with van der Waals surface area (Å²) in [4.78, 5) is 23.6. The lowest BCUT2D eigenvalue weighted by atomic mass is 10.1. The largest absolute Gasteiger partial charge is 0.465 e. The maximum atomic E-state index is 13.7. The first kappa shape index (κ1) is 15.6. The fourth-order valence-electron chi connectivity index (χ4n) is 1.95. The molecule has 0 aliphatic carbocycles. The van der Waals surface area contributed by atoms with Gasteiger partial charge in [0.05, 0.1) is 24.9 Å². The molecule has 0 bridgehead atoms. The zero-order valence-corrected chi connectivity index (χ0v) is 11.8. The predicted molar refractivity (Wildman–Crippen MR) is 76.4 cm³/mol. The summed E-state index contributed by atoms with van der Waals surface area (Å²) in [5, 5.41) is 0. The van der Waals surface area contributed by atoms with Gasteiger partial charge in [0, 0.05) is 6.07 Å². The highest BCUT2D eigenvalue weighted by Crippen LogP contribution is 2.21. The third kappa shape index (κ3) is 3.46. The van der Waals surface area contributed by atoms with Gasteiger partial charge in [-0.15, -0.1) is 0 Å². The Kier molecular flexibility index (Phi) is 4.83. The van der Waals surface area contributed by atoms with Crippen LogP contribution in [-0.4, -0.2) is 19.5 Å². The molecule has 114 valence electrons. The van der Waals surface area contributed by atoms with Crippen molar-refractivity contribution >= 4 is 18.1 Å². The van der Waals surface area contributed by atoms with Gasteiger partial charge in [0.2, 0.25) is 6.41 Å². The minimum atomic E-state index is -0.821. The Morgan fingerprint density at radius 1 is 1.18 bits per heavy atom. The first-order valence-corrected chi connectivity index (χ1v) is 6.39. The lowest BCUT2D eigenvalue weighted by molar-refractivity contribution is -0.107. The fourth-order valence-corrected chi connectivity index (χ4v) is 1.95. The van der Waals surface area contributed by atoms with Gasteiger partial charge in [-0.2, -0.15) is 0 Å². The zero-order chi connectivity index (χ0) is 16.1. The summed E-state index contributed by atoms with van der Waals surface area (Å²) in [6.07, 6.45) is 0.463. The van der Waals surface area contributed by atoms with Crippen molar-refractivity contribution in [1.82, 2.24) is 0 Å². The normalized spacial score (nSPS) is 10.1. The van der Waals surface area contributed by atoms with Gasteiger partial charge in [0.15, 0.2) is 0 Å². The summed E-state index contributed by atoms with van der Waals surface area (Å²) < 4.78 is 31.2. The number of esters is 1. The van der Waals surface area contributed by atoms with Crippen molar-refractivity contribution < 1.29 is 23.1 Å². The van der Waals surface area contributed by atoms with Crippen molar-refractivity contribution in [1.29, 1.82) is 0 Å². The Morgan fingerprint density at radius 3 is 2.41 bits per heavy atom. The molecular weight excluding hydrogens is 292 g/mol. The van der Waals surface area contributed by atoms with Gasteiger partial charge in [0.1, 0.15) is 11.6 Å². The van der Waals surface area contributed by atoms with Crippen molar-refractivity contribution in [3.8, 4) is 0 Å². The molecule has 0 fully saturated rings. The molecule has 2 aromatic rings. The average Bonchev–Trinajstić information content (AvgIpc) is 2.53. The number of methoxy groups -OCH3 is 1. The van der Waals surface area contributed by atoms with Gasteiger partial charge in [-0.25, -0.2) is 13.6 Å². The van der Waals surface area contributed by atoms with Gasteiger partial charge in [-0.1, -0.05) is 12.1 Å². The van der Waals surface area contributed by atoms with Crippen molar-refractivity contribution in [2.75, 3.05) is 12.0 Å². The van der Waals surface area contributed by atoms with Crippen molar-refractivity contribution in [3.63, 3.8) is 0 Å². The van der Waals surface area contributed by atoms with E-state index in [0.717, 1.165) is 11.0 Å². The number of hydrogen-bond donors (Lipinski definition) is 0. The molecule has 0 saturated heterocycles. The molecule has 0 aromatic heterocycles. The first-order chi connectivity index (χ1) is 10.5. The van der Waals surface area contributed by atoms with Crippen LogP contribution in [0.5, 0.6) is 0 Å². The van der Waals surface area contributed by atoms with E-state index >= 15 is 0 Å². The van der Waals surface area contributed by atoms with E-state index in [0.29, 0.717) is 23.6 Å². The van der Waals surface area contributed by atoms with E-state index in [4.69, 9.17) is 0 Å². The molecule has 0 spiro atoms. The summed E-state index contributed by atoms with van der Waals surface area (Å²) in [5.74, 6) is -2.00. The van der Waals surface area contributed by atoms with Gasteiger partial charge in [0.25, 0.3) is 0 Å². The van der Waals surface area contributed by atoms with Crippen LogP contribution in [-0.2, 0) is 16.1 Å². The Bertz CT molecular complexity index is 686. The molecule has 4 nitrogen and oxygen atoms in total. The monoisotopic (exact) mass is 305 g/mol. The summed E-state index contributed by atoms with van der Waals surface area (Å²) >= 11 is 0. The van der Waals surface area contributed by atoms with Gasteiger partial charge in [-0.05, 0) is 29.8 Å². The fraction of sp³-hybridized carbons (Fsp3) is 0.125. The number of carbonyl (C=O) groups is 2. The molecule has 22 heavy (non-hydrogen) atoms. The summed E-state index contributed by atoms with van der Waals surface area (Å²) in [5.41, 5.74) is 1.04. The van der Waals surface area contributed by atoms with Crippen LogP contribution in [0, 0.1) is 11.6 Å². The molecule has 0 aliphatic rings. The average molecular weight is 305 g/mol. The molecule has 0 heterocycles. The van der Waals surface area contributed by atoms with E-state index in [9.17, 15) is 18.4 Å². The summed E-state index contributed by atoms with van der Waals surface area (Å²) in [6, 6.07) is 9.34. The maximum Gasteiger partial charge on any atom is 0.337 e. The maximum absolute atomic E-state index is 13.7. The number of hydrogen-bond acceptors (Lipinski definition) is 3. The van der Waals surface area contributed by atoms with Gasteiger partial charge >= 0.3 is 5.97 Å². The molecule has 6 heteroatoms. The molecule has 0 saturated carbocycles. The van der Waals surface area contributed by atoms with Crippen LogP contribution < -0.4 is 4.90 Å². The van der Waals surface area contributed by atoms with Crippen molar-refractivity contribution in [2.45, 2.75) is 6.54 Å². The summed E-state index contributed by atoms with van der Waals surface area (Å²) in [6.45, 7) is 0.0908. The van der Waals surface area contributed by atoms with E-state index in [-0.39, 0.29) is 12.2 Å². The quantitative estimate of drug-likeness (QED) is 0.630. The molecule has 1 amide bonds. The van der Waals surface area contributed by atoms with E-state index in [2.05, 4.69) is 4.74 Å². The van der Waals surface area contributed by atoms with Crippen LogP contribution in [0.1, 0.15) is 15.9 Å². The lowest BCUT2D eigenvalue weighted by Gasteiger charge is -2.18. The lowest BCUT2D eigenvalue weighted by Crippen LogP contribution is -2.21. The minimum absolute atomic E-state index is 0.0200. The molecule has 0 unspecified atom stereocenters. The Hall–Kier alpha value is -2.76. The second-order valence-corrected chi connectivity index (χ2v) is 4.52. The van der Waals surface area contributed by atoms with Crippen molar-refractivity contribution in [2.24, 2.45) is 0 Å². The predicted octanol–water partition coefficient (Wildman–Crippen LogP) is 2.91. The SMILES string of the molecule is COC(=O)c1ccc(CN(C=O)c2ccc(F)cc2F)cc1. The number of benzene rings is 2. The van der Waals surface area contributed by atoms with Crippen LogP contribution in [0.2, 0.25) is 0 Å². The van der Waals surface area contributed by atoms with E-state index in [1.807, 2.05) is 0 Å². The van der Waals surface area contributed by atoms with Crippen LogP contribution in [0.4, 0.5) is 14.5 Å². The van der Waals surface area contributed by atoms with Crippen LogP contribution in [0.3, 0.4) is 0 Å². The van der Waals surface area contributed by atoms with E-state index < -0.39 is 17.6 Å². The molecule has 0 N–H and O–H groups in total. The third-order valence-electron chi connectivity index (χ3n) is 3.07. The second-order valence-electron chi connectivity index (χ2n) is 4.52. The molecule has 2 aromatic carbocycles. The highest BCUT2D eigenvalue weighted by atomic mass is 19.1. The Balaban J connectivity index is 2.19. The molecule has 0 radical (unpaired) electrons. The summed E-state index contributed by atoms with van der Waals surface area (Å²) in [7, 11) is 1.28. The van der Waals surface area contributed by atoms with Gasteiger partial charge < -0.3 is 9.64 Å². The van der Waals surface area contributed by atoms with Crippen molar-refractivity contribution in [3.05, 3.63) is 65.2 Å². The number of halogens is 2. The molecule has 2 rings (SSSR count). The third-order valence-corrected chi connectivity index (χ3v) is 3.07. The molecule has 0 atom stereocenters. The smallest absolute Gasteiger partial charge is 0.337 e. The van der Waals surface area contributed by atoms with E-state index in [1.165, 1.54) is 13.2 Å². The zero-order valence-electron chi connectivity index (χ0n) is 11.8. The number of anilines is 1. The van der Waals surface area contributed by atoms with E-state index in [1.54, 1.807) is 24.3 Å². The number of nitrogens with zero attached hydrogens (tertiary/aromatic N) is 1. The number of ether oxygens (including phenoxy) is 1. The topological polar surface area (TPSA) is 46.6 Å².